The van der Waals surface area contributed by atoms with E-state index in [4.69, 9.17) is 33.2 Å². The average molecular weight is 476 g/mol. The van der Waals surface area contributed by atoms with Gasteiger partial charge >= 0.3 is 0 Å². The Kier molecular flexibility index (Phi) is 19.4. The van der Waals surface area contributed by atoms with E-state index >= 15 is 0 Å². The number of hydrogen-bond acceptors (Lipinski definition) is 9. The topological polar surface area (TPSA) is 93.7 Å². The molecule has 1 aromatic carbocycles. The van der Waals surface area contributed by atoms with E-state index in [2.05, 4.69) is 17.9 Å². The molecule has 0 saturated heterocycles. The van der Waals surface area contributed by atoms with Crippen molar-refractivity contribution >= 4 is 18.5 Å². The second-order valence-corrected chi connectivity index (χ2v) is 6.99. The highest BCUT2D eigenvalue weighted by Crippen LogP contribution is 2.07. The van der Waals surface area contributed by atoms with Crippen LogP contribution in [0.5, 0.6) is 0 Å². The molecule has 10 heteroatoms. The van der Waals surface area contributed by atoms with Crippen molar-refractivity contribution in [1.82, 2.24) is 5.32 Å². The number of hydrogen-bond donors (Lipinski definition) is 2. The molecule has 1 N–H and O–H groups in total. The normalized spacial score (nSPS) is 11.1. The molecule has 32 heavy (non-hydrogen) atoms. The second-order valence-electron chi connectivity index (χ2n) is 6.47. The van der Waals surface area contributed by atoms with Crippen LogP contribution in [0.3, 0.4) is 0 Å². The molecule has 184 valence electrons. The van der Waals surface area contributed by atoms with E-state index in [0.717, 1.165) is 4.90 Å². The number of carbonyl (C=O) groups excluding carboxylic acids is 1. The molecule has 0 aromatic heterocycles. The largest absolute Gasteiger partial charge is 0.382 e. The van der Waals surface area contributed by atoms with Crippen molar-refractivity contribution < 1.29 is 38.0 Å². The van der Waals surface area contributed by atoms with Crippen LogP contribution in [0.2, 0.25) is 0 Å². The predicted molar refractivity (Wildman–Crippen MR) is 123 cm³/mol. The first-order valence-corrected chi connectivity index (χ1v) is 11.2. The third kappa shape index (κ3) is 17.3. The molecule has 0 radical (unpaired) electrons. The number of rotatable bonds is 22. The van der Waals surface area contributed by atoms with Gasteiger partial charge in [0.25, 0.3) is 5.91 Å². The van der Waals surface area contributed by atoms with Crippen LogP contribution < -0.4 is 5.32 Å². The van der Waals surface area contributed by atoms with E-state index < -0.39 is 0 Å². The summed E-state index contributed by atoms with van der Waals surface area (Å²) < 4.78 is 37.2. The van der Waals surface area contributed by atoms with Crippen LogP contribution in [0.15, 0.2) is 29.2 Å². The fraction of sp³-hybridized carbons (Fsp3) is 0.682. The summed E-state index contributed by atoms with van der Waals surface area (Å²) in [6.07, 6.45) is 0. The highest BCUT2D eigenvalue weighted by atomic mass is 32.1. The van der Waals surface area contributed by atoms with Crippen molar-refractivity contribution in [2.75, 3.05) is 99.5 Å². The first kappa shape index (κ1) is 28.8. The van der Waals surface area contributed by atoms with Crippen LogP contribution in [0.25, 0.3) is 0 Å². The zero-order valence-electron chi connectivity index (χ0n) is 18.9. The van der Waals surface area contributed by atoms with Crippen molar-refractivity contribution in [2.45, 2.75) is 4.90 Å². The molecule has 9 nitrogen and oxygen atoms in total. The average Bonchev–Trinajstić information content (AvgIpc) is 2.80. The summed E-state index contributed by atoms with van der Waals surface area (Å²) in [5.41, 5.74) is 0.601. The molecule has 0 bridgehead atoms. The van der Waals surface area contributed by atoms with Gasteiger partial charge in [-0.05, 0) is 24.3 Å². The minimum atomic E-state index is -0.129. The van der Waals surface area contributed by atoms with Crippen LogP contribution in [0.4, 0.5) is 0 Å². The first-order chi connectivity index (χ1) is 15.7. The van der Waals surface area contributed by atoms with Gasteiger partial charge in [-0.15, -0.1) is 12.6 Å². The highest BCUT2D eigenvalue weighted by Gasteiger charge is 2.03. The van der Waals surface area contributed by atoms with Crippen LogP contribution in [0.1, 0.15) is 10.4 Å². The number of carbonyl (C=O) groups is 1. The Labute approximate surface area is 196 Å². The maximum Gasteiger partial charge on any atom is 0.251 e. The van der Waals surface area contributed by atoms with Crippen molar-refractivity contribution in [3.8, 4) is 0 Å². The van der Waals surface area contributed by atoms with Crippen molar-refractivity contribution in [1.29, 1.82) is 0 Å². The van der Waals surface area contributed by atoms with Gasteiger partial charge in [-0.3, -0.25) is 4.79 Å². The Morgan fingerprint density at radius 3 is 1.44 bits per heavy atom. The van der Waals surface area contributed by atoms with E-state index in [1.54, 1.807) is 31.4 Å². The van der Waals surface area contributed by atoms with Gasteiger partial charge in [-0.25, -0.2) is 0 Å². The monoisotopic (exact) mass is 475 g/mol. The van der Waals surface area contributed by atoms with Gasteiger partial charge < -0.3 is 38.5 Å². The number of amides is 1. The number of benzene rings is 1. The molecule has 0 heterocycles. The molecule has 1 amide bonds. The molecular weight excluding hydrogens is 438 g/mol. The maximum absolute atomic E-state index is 11.9. The quantitative estimate of drug-likeness (QED) is 0.192. The summed E-state index contributed by atoms with van der Waals surface area (Å²) in [5, 5.41) is 2.80. The van der Waals surface area contributed by atoms with Gasteiger partial charge in [0.1, 0.15) is 0 Å². The van der Waals surface area contributed by atoms with Crippen LogP contribution >= 0.6 is 12.6 Å². The summed E-state index contributed by atoms with van der Waals surface area (Å²) in [4.78, 5) is 12.7. The third-order valence-corrected chi connectivity index (χ3v) is 4.25. The lowest BCUT2D eigenvalue weighted by molar-refractivity contribution is -0.0189. The van der Waals surface area contributed by atoms with Gasteiger partial charge in [0.2, 0.25) is 0 Å². The van der Waals surface area contributed by atoms with E-state index in [1.807, 2.05) is 0 Å². The molecular formula is C22H37NO8S. The van der Waals surface area contributed by atoms with E-state index in [9.17, 15) is 4.79 Å². The lowest BCUT2D eigenvalue weighted by atomic mass is 10.2. The first-order valence-electron chi connectivity index (χ1n) is 10.8. The van der Waals surface area contributed by atoms with Gasteiger partial charge in [-0.2, -0.15) is 0 Å². The fourth-order valence-corrected chi connectivity index (χ4v) is 2.44. The molecule has 0 spiro atoms. The highest BCUT2D eigenvalue weighted by molar-refractivity contribution is 7.80. The summed E-state index contributed by atoms with van der Waals surface area (Å²) >= 11 is 4.19. The van der Waals surface area contributed by atoms with Crippen LogP contribution in [-0.2, 0) is 33.2 Å². The molecule has 0 unspecified atom stereocenters. The van der Waals surface area contributed by atoms with E-state index in [0.29, 0.717) is 98.0 Å². The molecule has 0 aliphatic rings. The minimum Gasteiger partial charge on any atom is -0.382 e. The van der Waals surface area contributed by atoms with Gasteiger partial charge in [0, 0.05) is 24.1 Å². The zero-order chi connectivity index (χ0) is 23.1. The summed E-state index contributed by atoms with van der Waals surface area (Å²) in [7, 11) is 1.64. The lowest BCUT2D eigenvalue weighted by Gasteiger charge is -2.08. The number of ether oxygens (including phenoxy) is 7. The molecule has 0 fully saturated rings. The smallest absolute Gasteiger partial charge is 0.251 e. The number of nitrogens with one attached hydrogen (secondary N) is 1. The van der Waals surface area contributed by atoms with Gasteiger partial charge in [0.05, 0.1) is 85.9 Å². The summed E-state index contributed by atoms with van der Waals surface area (Å²) in [5.74, 6) is -0.129. The van der Waals surface area contributed by atoms with Crippen LogP contribution in [-0.4, -0.2) is 105 Å². The number of thiol groups is 1. The molecule has 1 rings (SSSR count). The van der Waals surface area contributed by atoms with Crippen molar-refractivity contribution in [3.63, 3.8) is 0 Å². The Balaban J connectivity index is 1.73. The van der Waals surface area contributed by atoms with Gasteiger partial charge in [0.15, 0.2) is 0 Å². The molecule has 1 aromatic rings. The molecule has 0 aliphatic carbocycles. The zero-order valence-corrected chi connectivity index (χ0v) is 19.8. The SMILES string of the molecule is COCCOCCOCCOCCOCCOCCOCCNC(=O)c1ccc(S)cc1. The van der Waals surface area contributed by atoms with Crippen molar-refractivity contribution in [3.05, 3.63) is 29.8 Å². The fourth-order valence-electron chi connectivity index (χ4n) is 2.30. The Bertz CT molecular complexity index is 561. The van der Waals surface area contributed by atoms with Gasteiger partial charge in [-0.1, -0.05) is 0 Å². The summed E-state index contributed by atoms with van der Waals surface area (Å²) in [6, 6.07) is 7.03. The third-order valence-electron chi connectivity index (χ3n) is 3.95. The predicted octanol–water partition coefficient (Wildman–Crippen LogP) is 1.45. The minimum absolute atomic E-state index is 0.129. The Morgan fingerprint density at radius 1 is 0.656 bits per heavy atom. The maximum atomic E-state index is 11.9. The summed E-state index contributed by atoms with van der Waals surface area (Å²) in [6.45, 7) is 7.16. The van der Waals surface area contributed by atoms with E-state index in [-0.39, 0.29) is 5.91 Å². The standard InChI is InChI=1S/C22H37NO8S/c1-25-8-9-27-12-13-29-16-17-31-19-18-30-15-14-28-11-10-26-7-6-23-22(24)20-2-4-21(32)5-3-20/h2-5,32H,6-19H2,1H3,(H,23,24). The lowest BCUT2D eigenvalue weighted by Crippen LogP contribution is -2.27. The molecule has 0 atom stereocenters. The second kappa shape index (κ2) is 21.6. The Hall–Kier alpha value is -1.24. The van der Waals surface area contributed by atoms with E-state index in [1.165, 1.54) is 0 Å². The number of methoxy groups -OCH3 is 1. The van der Waals surface area contributed by atoms with Crippen molar-refractivity contribution in [2.24, 2.45) is 0 Å². The Morgan fingerprint density at radius 2 is 1.03 bits per heavy atom. The van der Waals surface area contributed by atoms with Crippen LogP contribution in [0, 0.1) is 0 Å². The molecule has 0 saturated carbocycles. The molecule has 0 aliphatic heterocycles.